The Balaban J connectivity index is 1.50. The van der Waals surface area contributed by atoms with Crippen LogP contribution in [0.15, 0.2) is 24.3 Å². The summed E-state index contributed by atoms with van der Waals surface area (Å²) < 4.78 is 0. The number of carbonyl (C=O) groups is 3. The van der Waals surface area contributed by atoms with Crippen LogP contribution in [0.1, 0.15) is 24.5 Å². The second-order valence-corrected chi connectivity index (χ2v) is 7.03. The summed E-state index contributed by atoms with van der Waals surface area (Å²) in [5.41, 5.74) is 1.50. The van der Waals surface area contributed by atoms with E-state index in [-0.39, 0.29) is 25.0 Å². The standard InChI is InChI=1S/C18H23N3O4/c1-18(16(23)24)7-9-21(12-18)17(25)19-10-15(22)20-8-6-13-4-2-3-5-14(13)11-20/h2-5H,6-12H2,1H3,(H,19,25)(H,23,24). The molecule has 0 aromatic heterocycles. The highest BCUT2D eigenvalue weighted by atomic mass is 16.4. The Morgan fingerprint density at radius 2 is 1.88 bits per heavy atom. The van der Waals surface area contributed by atoms with E-state index < -0.39 is 11.4 Å². The van der Waals surface area contributed by atoms with E-state index in [9.17, 15) is 19.5 Å². The molecule has 0 aliphatic carbocycles. The second kappa shape index (κ2) is 6.74. The van der Waals surface area contributed by atoms with Crippen LogP contribution in [0.5, 0.6) is 0 Å². The van der Waals surface area contributed by atoms with Crippen LogP contribution in [-0.2, 0) is 22.6 Å². The number of hydrogen-bond donors (Lipinski definition) is 2. The van der Waals surface area contributed by atoms with Gasteiger partial charge in [0.15, 0.2) is 0 Å². The molecule has 3 amide bonds. The number of urea groups is 1. The summed E-state index contributed by atoms with van der Waals surface area (Å²) >= 11 is 0. The molecule has 0 spiro atoms. The van der Waals surface area contributed by atoms with Crippen LogP contribution in [0.25, 0.3) is 0 Å². The molecule has 1 aromatic rings. The number of nitrogens with one attached hydrogen (secondary N) is 1. The number of benzene rings is 1. The number of rotatable bonds is 3. The van der Waals surface area contributed by atoms with Crippen molar-refractivity contribution in [3.05, 3.63) is 35.4 Å². The maximum absolute atomic E-state index is 12.4. The van der Waals surface area contributed by atoms with Crippen molar-refractivity contribution in [3.8, 4) is 0 Å². The van der Waals surface area contributed by atoms with Crippen molar-refractivity contribution in [2.45, 2.75) is 26.3 Å². The van der Waals surface area contributed by atoms with Gasteiger partial charge in [-0.2, -0.15) is 0 Å². The molecule has 1 saturated heterocycles. The molecule has 25 heavy (non-hydrogen) atoms. The van der Waals surface area contributed by atoms with E-state index in [0.29, 0.717) is 26.1 Å². The monoisotopic (exact) mass is 345 g/mol. The van der Waals surface area contributed by atoms with Gasteiger partial charge >= 0.3 is 12.0 Å². The van der Waals surface area contributed by atoms with Crippen LogP contribution in [0.2, 0.25) is 0 Å². The highest BCUT2D eigenvalue weighted by Gasteiger charge is 2.42. The molecule has 2 aliphatic rings. The molecule has 0 radical (unpaired) electrons. The Hall–Kier alpha value is -2.57. The first-order valence-electron chi connectivity index (χ1n) is 8.50. The van der Waals surface area contributed by atoms with Gasteiger partial charge in [0.25, 0.3) is 0 Å². The molecule has 2 aliphatic heterocycles. The highest BCUT2D eigenvalue weighted by molar-refractivity contribution is 5.85. The highest BCUT2D eigenvalue weighted by Crippen LogP contribution is 2.29. The van der Waals surface area contributed by atoms with Crippen molar-refractivity contribution in [2.24, 2.45) is 5.41 Å². The summed E-state index contributed by atoms with van der Waals surface area (Å²) in [7, 11) is 0. The van der Waals surface area contributed by atoms with Crippen molar-refractivity contribution in [1.82, 2.24) is 15.1 Å². The van der Waals surface area contributed by atoms with Gasteiger partial charge in [-0.15, -0.1) is 0 Å². The number of likely N-dealkylation sites (tertiary alicyclic amines) is 1. The van der Waals surface area contributed by atoms with Crippen LogP contribution in [0, 0.1) is 5.41 Å². The molecular weight excluding hydrogens is 322 g/mol. The number of hydrogen-bond acceptors (Lipinski definition) is 3. The summed E-state index contributed by atoms with van der Waals surface area (Å²) in [4.78, 5) is 39.0. The quantitative estimate of drug-likeness (QED) is 0.858. The van der Waals surface area contributed by atoms with Crippen LogP contribution >= 0.6 is 0 Å². The Kier molecular flexibility index (Phi) is 4.65. The Morgan fingerprint density at radius 1 is 1.16 bits per heavy atom. The fraction of sp³-hybridized carbons (Fsp3) is 0.500. The van der Waals surface area contributed by atoms with Crippen molar-refractivity contribution in [2.75, 3.05) is 26.2 Å². The van der Waals surface area contributed by atoms with E-state index in [0.717, 1.165) is 12.0 Å². The third kappa shape index (κ3) is 3.60. The number of carboxylic acid groups (broad SMARTS) is 1. The van der Waals surface area contributed by atoms with Crippen molar-refractivity contribution >= 4 is 17.9 Å². The summed E-state index contributed by atoms with van der Waals surface area (Å²) in [6, 6.07) is 7.67. The summed E-state index contributed by atoms with van der Waals surface area (Å²) in [6.45, 7) is 3.33. The zero-order chi connectivity index (χ0) is 18.0. The lowest BCUT2D eigenvalue weighted by Crippen LogP contribution is -2.46. The molecule has 2 heterocycles. The topological polar surface area (TPSA) is 90.0 Å². The van der Waals surface area contributed by atoms with Gasteiger partial charge in [-0.1, -0.05) is 24.3 Å². The average Bonchev–Trinajstić information content (AvgIpc) is 3.03. The maximum Gasteiger partial charge on any atom is 0.317 e. The van der Waals surface area contributed by atoms with Crippen LogP contribution < -0.4 is 5.32 Å². The first-order valence-corrected chi connectivity index (χ1v) is 8.50. The Morgan fingerprint density at radius 3 is 2.56 bits per heavy atom. The lowest BCUT2D eigenvalue weighted by molar-refractivity contribution is -0.147. The van der Waals surface area contributed by atoms with Crippen LogP contribution in [0.4, 0.5) is 4.79 Å². The number of carboxylic acids is 1. The molecule has 1 atom stereocenters. The normalized spacial score (nSPS) is 22.4. The molecule has 0 bridgehead atoms. The van der Waals surface area contributed by atoms with Gasteiger partial charge in [-0.25, -0.2) is 4.79 Å². The van der Waals surface area contributed by atoms with Gasteiger partial charge in [-0.3, -0.25) is 9.59 Å². The third-order valence-electron chi connectivity index (χ3n) is 5.15. The van der Waals surface area contributed by atoms with E-state index in [1.807, 2.05) is 18.2 Å². The minimum absolute atomic E-state index is 0.0682. The molecule has 2 N–H and O–H groups in total. The number of carbonyl (C=O) groups excluding carboxylic acids is 2. The molecule has 1 unspecified atom stereocenters. The van der Waals surface area contributed by atoms with E-state index in [1.54, 1.807) is 11.8 Å². The summed E-state index contributed by atoms with van der Waals surface area (Å²) in [5, 5.41) is 11.8. The largest absolute Gasteiger partial charge is 0.481 e. The van der Waals surface area contributed by atoms with Gasteiger partial charge in [0.1, 0.15) is 0 Å². The first kappa shape index (κ1) is 17.3. The molecule has 7 heteroatoms. The zero-order valence-corrected chi connectivity index (χ0v) is 14.3. The van der Waals surface area contributed by atoms with E-state index in [1.165, 1.54) is 10.5 Å². The molecule has 0 saturated carbocycles. The average molecular weight is 345 g/mol. The predicted molar refractivity (Wildman–Crippen MR) is 90.9 cm³/mol. The maximum atomic E-state index is 12.4. The second-order valence-electron chi connectivity index (χ2n) is 7.03. The Labute approximate surface area is 146 Å². The van der Waals surface area contributed by atoms with Crippen molar-refractivity contribution in [3.63, 3.8) is 0 Å². The molecule has 1 aromatic carbocycles. The number of amides is 3. The molecule has 7 nitrogen and oxygen atoms in total. The summed E-state index contributed by atoms with van der Waals surface area (Å²) in [6.07, 6.45) is 1.24. The van der Waals surface area contributed by atoms with Gasteiger partial charge < -0.3 is 20.2 Å². The molecule has 3 rings (SSSR count). The predicted octanol–water partition coefficient (Wildman–Crippen LogP) is 1.08. The van der Waals surface area contributed by atoms with E-state index in [2.05, 4.69) is 11.4 Å². The lowest BCUT2D eigenvalue weighted by atomic mass is 9.90. The van der Waals surface area contributed by atoms with E-state index >= 15 is 0 Å². The summed E-state index contributed by atoms with van der Waals surface area (Å²) in [5.74, 6) is -1.02. The minimum Gasteiger partial charge on any atom is -0.481 e. The molecular formula is C18H23N3O4. The number of nitrogens with zero attached hydrogens (tertiary/aromatic N) is 2. The SMILES string of the molecule is CC1(C(=O)O)CCN(C(=O)NCC(=O)N2CCc3ccccc3C2)C1. The fourth-order valence-electron chi connectivity index (χ4n) is 3.39. The number of fused-ring (bicyclic) bond motifs is 1. The Bertz CT molecular complexity index is 705. The van der Waals surface area contributed by atoms with Crippen LogP contribution in [0.3, 0.4) is 0 Å². The van der Waals surface area contributed by atoms with E-state index in [4.69, 9.17) is 0 Å². The van der Waals surface area contributed by atoms with Crippen molar-refractivity contribution < 1.29 is 19.5 Å². The van der Waals surface area contributed by atoms with Gasteiger partial charge in [0.05, 0.1) is 12.0 Å². The van der Waals surface area contributed by atoms with Gasteiger partial charge in [0, 0.05) is 26.2 Å². The lowest BCUT2D eigenvalue weighted by Gasteiger charge is -2.29. The molecule has 1 fully saturated rings. The first-order chi connectivity index (χ1) is 11.9. The van der Waals surface area contributed by atoms with Gasteiger partial charge in [-0.05, 0) is 30.9 Å². The minimum atomic E-state index is -0.905. The van der Waals surface area contributed by atoms with Gasteiger partial charge in [0.2, 0.25) is 5.91 Å². The fourth-order valence-corrected chi connectivity index (χ4v) is 3.39. The third-order valence-corrected chi connectivity index (χ3v) is 5.15. The molecule has 134 valence electrons. The smallest absolute Gasteiger partial charge is 0.317 e. The van der Waals surface area contributed by atoms with Crippen molar-refractivity contribution in [1.29, 1.82) is 0 Å². The van der Waals surface area contributed by atoms with Crippen LogP contribution in [-0.4, -0.2) is 59.0 Å². The zero-order valence-electron chi connectivity index (χ0n) is 14.3. The number of aliphatic carboxylic acids is 1.